The van der Waals surface area contributed by atoms with Gasteiger partial charge in [0.05, 0.1) is 17.1 Å². The molecule has 16 heavy (non-hydrogen) atoms. The Morgan fingerprint density at radius 1 is 1.25 bits per heavy atom. The number of hydrogen-bond acceptors (Lipinski definition) is 4. The maximum atomic E-state index is 11.3. The molecule has 0 aromatic carbocycles. The zero-order valence-corrected chi connectivity index (χ0v) is 9.89. The average molecular weight is 247 g/mol. The van der Waals surface area contributed by atoms with Crippen molar-refractivity contribution in [2.75, 3.05) is 18.1 Å². The first-order valence-corrected chi connectivity index (χ1v) is 6.46. The molecular formula is C10H17NO4S. The molecule has 1 aliphatic carbocycles. The van der Waals surface area contributed by atoms with E-state index in [4.69, 9.17) is 5.11 Å². The van der Waals surface area contributed by atoms with E-state index in [0.717, 1.165) is 37.4 Å². The molecule has 92 valence electrons. The number of aliphatic hydroxyl groups is 1. The van der Waals surface area contributed by atoms with Gasteiger partial charge in [-0.2, -0.15) is 0 Å². The maximum Gasteiger partial charge on any atom is 0.313 e. The van der Waals surface area contributed by atoms with Crippen LogP contribution in [0.2, 0.25) is 0 Å². The van der Waals surface area contributed by atoms with Gasteiger partial charge in [0.2, 0.25) is 5.91 Å². The Bertz CT molecular complexity index is 264. The Labute approximate surface area is 98.6 Å². The molecule has 3 N–H and O–H groups in total. The van der Waals surface area contributed by atoms with Gasteiger partial charge in [-0.15, -0.1) is 11.8 Å². The summed E-state index contributed by atoms with van der Waals surface area (Å²) in [6, 6.07) is 0. The van der Waals surface area contributed by atoms with Crippen LogP contribution in [0.3, 0.4) is 0 Å². The van der Waals surface area contributed by atoms with Crippen LogP contribution in [0.25, 0.3) is 0 Å². The molecule has 6 heteroatoms. The highest BCUT2D eigenvalue weighted by Gasteiger charge is 2.31. The topological polar surface area (TPSA) is 86.6 Å². The molecule has 0 heterocycles. The number of carboxylic acids is 1. The van der Waals surface area contributed by atoms with Gasteiger partial charge in [0.1, 0.15) is 0 Å². The second-order valence-corrected chi connectivity index (χ2v) is 5.08. The summed E-state index contributed by atoms with van der Waals surface area (Å²) in [5, 5.41) is 21.0. The molecule has 0 saturated heterocycles. The van der Waals surface area contributed by atoms with Crippen LogP contribution in [-0.2, 0) is 9.59 Å². The van der Waals surface area contributed by atoms with Crippen LogP contribution in [-0.4, -0.2) is 45.7 Å². The van der Waals surface area contributed by atoms with Crippen LogP contribution >= 0.6 is 11.8 Å². The second kappa shape index (κ2) is 6.10. The van der Waals surface area contributed by atoms with Crippen molar-refractivity contribution in [1.82, 2.24) is 5.32 Å². The Morgan fingerprint density at radius 3 is 2.44 bits per heavy atom. The van der Waals surface area contributed by atoms with Crippen LogP contribution in [0.15, 0.2) is 0 Å². The zero-order valence-electron chi connectivity index (χ0n) is 9.07. The van der Waals surface area contributed by atoms with E-state index in [9.17, 15) is 14.7 Å². The first-order valence-electron chi connectivity index (χ1n) is 5.30. The number of nitrogens with one attached hydrogen (secondary N) is 1. The highest BCUT2D eigenvalue weighted by Crippen LogP contribution is 2.28. The van der Waals surface area contributed by atoms with Crippen LogP contribution in [0.5, 0.6) is 0 Å². The number of thioether (sulfide) groups is 1. The van der Waals surface area contributed by atoms with Gasteiger partial charge in [-0.1, -0.05) is 12.8 Å². The van der Waals surface area contributed by atoms with E-state index >= 15 is 0 Å². The van der Waals surface area contributed by atoms with Gasteiger partial charge in [-0.3, -0.25) is 9.59 Å². The smallest absolute Gasteiger partial charge is 0.313 e. The Balaban J connectivity index is 2.12. The van der Waals surface area contributed by atoms with Gasteiger partial charge in [-0.25, -0.2) is 0 Å². The first kappa shape index (κ1) is 13.3. The van der Waals surface area contributed by atoms with Crippen molar-refractivity contribution in [3.63, 3.8) is 0 Å². The fourth-order valence-electron chi connectivity index (χ4n) is 1.76. The molecule has 1 saturated carbocycles. The second-order valence-electron chi connectivity index (χ2n) is 4.09. The van der Waals surface area contributed by atoms with Gasteiger partial charge in [0, 0.05) is 6.54 Å². The molecular weight excluding hydrogens is 230 g/mol. The highest BCUT2D eigenvalue weighted by molar-refractivity contribution is 8.00. The first-order chi connectivity index (χ1) is 7.52. The summed E-state index contributed by atoms with van der Waals surface area (Å²) in [6.45, 7) is 0.277. The summed E-state index contributed by atoms with van der Waals surface area (Å²) in [6.07, 6.45) is 3.46. The minimum absolute atomic E-state index is 0.0717. The van der Waals surface area contributed by atoms with Crippen molar-refractivity contribution in [3.05, 3.63) is 0 Å². The van der Waals surface area contributed by atoms with Gasteiger partial charge >= 0.3 is 5.97 Å². The molecule has 5 nitrogen and oxygen atoms in total. The minimum atomic E-state index is -0.924. The maximum absolute atomic E-state index is 11.3. The molecule has 0 aliphatic heterocycles. The van der Waals surface area contributed by atoms with Crippen molar-refractivity contribution in [2.24, 2.45) is 0 Å². The Hall–Kier alpha value is -0.750. The van der Waals surface area contributed by atoms with Crippen molar-refractivity contribution in [2.45, 2.75) is 31.3 Å². The zero-order chi connectivity index (χ0) is 12.0. The number of aliphatic carboxylic acids is 1. The molecule has 0 aromatic heterocycles. The molecule has 0 radical (unpaired) electrons. The Kier molecular flexibility index (Phi) is 5.08. The monoisotopic (exact) mass is 247 g/mol. The largest absolute Gasteiger partial charge is 0.481 e. The van der Waals surface area contributed by atoms with E-state index in [1.807, 2.05) is 0 Å². The molecule has 0 spiro atoms. The lowest BCUT2D eigenvalue weighted by Crippen LogP contribution is -2.41. The van der Waals surface area contributed by atoms with E-state index in [-0.39, 0.29) is 24.0 Å². The highest BCUT2D eigenvalue weighted by atomic mass is 32.2. The SMILES string of the molecule is O=C(O)CSCC(=O)NCC1(O)CCCC1. The molecule has 0 bridgehead atoms. The van der Waals surface area contributed by atoms with E-state index in [1.165, 1.54) is 0 Å². The molecule has 1 rings (SSSR count). The Morgan fingerprint density at radius 2 is 1.88 bits per heavy atom. The molecule has 0 unspecified atom stereocenters. The standard InChI is InChI=1S/C10H17NO4S/c12-8(5-16-6-9(13)14)11-7-10(15)3-1-2-4-10/h15H,1-7H2,(H,11,12)(H,13,14). The molecule has 1 fully saturated rings. The van der Waals surface area contributed by atoms with Crippen molar-refractivity contribution in [3.8, 4) is 0 Å². The number of carbonyl (C=O) groups excluding carboxylic acids is 1. The van der Waals surface area contributed by atoms with E-state index in [2.05, 4.69) is 5.32 Å². The number of carbonyl (C=O) groups is 2. The van der Waals surface area contributed by atoms with Crippen molar-refractivity contribution >= 4 is 23.6 Å². The normalized spacial score (nSPS) is 18.3. The van der Waals surface area contributed by atoms with Gasteiger partial charge < -0.3 is 15.5 Å². The lowest BCUT2D eigenvalue weighted by atomic mass is 10.0. The van der Waals surface area contributed by atoms with E-state index < -0.39 is 11.6 Å². The molecule has 0 aromatic rings. The van der Waals surface area contributed by atoms with Gasteiger partial charge in [0.25, 0.3) is 0 Å². The summed E-state index contributed by atoms with van der Waals surface area (Å²) in [7, 11) is 0. The van der Waals surface area contributed by atoms with Crippen molar-refractivity contribution in [1.29, 1.82) is 0 Å². The number of amides is 1. The van der Waals surface area contributed by atoms with E-state index in [1.54, 1.807) is 0 Å². The minimum Gasteiger partial charge on any atom is -0.481 e. The molecule has 0 atom stereocenters. The summed E-state index contributed by atoms with van der Waals surface area (Å²) in [4.78, 5) is 21.5. The number of carboxylic acid groups (broad SMARTS) is 1. The third kappa shape index (κ3) is 4.85. The van der Waals surface area contributed by atoms with Crippen LogP contribution in [0.1, 0.15) is 25.7 Å². The summed E-state index contributed by atoms with van der Waals surface area (Å²) < 4.78 is 0. The third-order valence-electron chi connectivity index (χ3n) is 2.61. The summed E-state index contributed by atoms with van der Waals surface area (Å²) >= 11 is 1.06. The average Bonchev–Trinajstić information content (AvgIpc) is 2.62. The van der Waals surface area contributed by atoms with Crippen LogP contribution in [0, 0.1) is 0 Å². The van der Waals surface area contributed by atoms with Crippen LogP contribution in [0.4, 0.5) is 0 Å². The predicted molar refractivity (Wildman–Crippen MR) is 61.4 cm³/mol. The fraction of sp³-hybridized carbons (Fsp3) is 0.800. The summed E-state index contributed by atoms with van der Waals surface area (Å²) in [5.41, 5.74) is -0.743. The lowest BCUT2D eigenvalue weighted by Gasteiger charge is -2.22. The lowest BCUT2D eigenvalue weighted by molar-refractivity contribution is -0.133. The van der Waals surface area contributed by atoms with Crippen LogP contribution < -0.4 is 5.32 Å². The summed E-state index contributed by atoms with van der Waals surface area (Å²) in [5.74, 6) is -1.08. The third-order valence-corrected chi connectivity index (χ3v) is 3.52. The quantitative estimate of drug-likeness (QED) is 0.625. The van der Waals surface area contributed by atoms with Crippen molar-refractivity contribution < 1.29 is 19.8 Å². The predicted octanol–water partition coefficient (Wildman–Crippen LogP) is 0.225. The molecule has 1 aliphatic rings. The number of hydrogen-bond donors (Lipinski definition) is 3. The molecule has 1 amide bonds. The van der Waals surface area contributed by atoms with Gasteiger partial charge in [0.15, 0.2) is 0 Å². The number of rotatable bonds is 6. The van der Waals surface area contributed by atoms with E-state index in [0.29, 0.717) is 0 Å². The van der Waals surface area contributed by atoms with Gasteiger partial charge in [-0.05, 0) is 12.8 Å². The fourth-order valence-corrected chi connectivity index (χ4v) is 2.32.